The molecule has 0 radical (unpaired) electrons. The summed E-state index contributed by atoms with van der Waals surface area (Å²) in [4.78, 5) is 15.0. The van der Waals surface area contributed by atoms with Crippen LogP contribution in [0.25, 0.3) is 10.9 Å². The fraction of sp³-hybridized carbons (Fsp3) is 0.0909. The lowest BCUT2D eigenvalue weighted by Crippen LogP contribution is -1.99. The fourth-order valence-electron chi connectivity index (χ4n) is 1.42. The Balaban J connectivity index is 2.76. The molecule has 76 valence electrons. The number of nitrogens with zero attached hydrogens (tertiary/aromatic N) is 1. The van der Waals surface area contributed by atoms with E-state index in [2.05, 4.69) is 4.98 Å². The van der Waals surface area contributed by atoms with Gasteiger partial charge in [-0.15, -0.1) is 0 Å². The highest BCUT2D eigenvalue weighted by Crippen LogP contribution is 2.19. The highest BCUT2D eigenvalue weighted by atomic mass is 16.5. The lowest BCUT2D eigenvalue weighted by atomic mass is 10.1. The number of pyridine rings is 1. The summed E-state index contributed by atoms with van der Waals surface area (Å²) < 4.78 is 4.95. The lowest BCUT2D eigenvalue weighted by Gasteiger charge is -2.03. The number of aromatic carboxylic acids is 1. The monoisotopic (exact) mass is 203 g/mol. The number of hydrogen-bond acceptors (Lipinski definition) is 3. The minimum absolute atomic E-state index is 0.186. The van der Waals surface area contributed by atoms with Gasteiger partial charge in [-0.05, 0) is 12.1 Å². The molecule has 0 atom stereocenters. The number of carboxylic acid groups (broad SMARTS) is 1. The molecule has 0 amide bonds. The zero-order valence-corrected chi connectivity index (χ0v) is 8.10. The van der Waals surface area contributed by atoms with Crippen molar-refractivity contribution in [1.29, 1.82) is 0 Å². The predicted octanol–water partition coefficient (Wildman–Crippen LogP) is 1.94. The number of carboxylic acids is 1. The van der Waals surface area contributed by atoms with E-state index in [1.807, 2.05) is 6.07 Å². The topological polar surface area (TPSA) is 59.4 Å². The number of methoxy groups -OCH3 is 1. The van der Waals surface area contributed by atoms with E-state index in [0.29, 0.717) is 11.4 Å². The van der Waals surface area contributed by atoms with Crippen molar-refractivity contribution in [1.82, 2.24) is 4.98 Å². The summed E-state index contributed by atoms with van der Waals surface area (Å²) in [7, 11) is 1.50. The molecule has 2 aromatic rings. The van der Waals surface area contributed by atoms with Gasteiger partial charge >= 0.3 is 5.97 Å². The zero-order chi connectivity index (χ0) is 10.8. The van der Waals surface area contributed by atoms with Gasteiger partial charge in [0.25, 0.3) is 0 Å². The Morgan fingerprint density at radius 3 is 2.80 bits per heavy atom. The first-order chi connectivity index (χ1) is 7.22. The molecule has 0 unspecified atom stereocenters. The molecule has 0 saturated carbocycles. The number of benzene rings is 1. The average Bonchev–Trinajstić information content (AvgIpc) is 2.27. The summed E-state index contributed by atoms with van der Waals surface area (Å²) >= 11 is 0. The SMILES string of the molecule is COc1ccc2cccc(C(=O)O)c2n1. The third-order valence-electron chi connectivity index (χ3n) is 2.13. The molecule has 1 N–H and O–H groups in total. The first-order valence-electron chi connectivity index (χ1n) is 4.39. The van der Waals surface area contributed by atoms with Crippen LogP contribution in [0.3, 0.4) is 0 Å². The Labute approximate surface area is 86.1 Å². The number of fused-ring (bicyclic) bond motifs is 1. The van der Waals surface area contributed by atoms with Crippen molar-refractivity contribution in [2.24, 2.45) is 0 Å². The molecule has 4 nitrogen and oxygen atoms in total. The summed E-state index contributed by atoms with van der Waals surface area (Å²) in [6.45, 7) is 0. The van der Waals surface area contributed by atoms with Crippen LogP contribution in [0, 0.1) is 0 Å². The van der Waals surface area contributed by atoms with Crippen LogP contribution < -0.4 is 4.74 Å². The summed E-state index contributed by atoms with van der Waals surface area (Å²) in [5.41, 5.74) is 0.635. The van der Waals surface area contributed by atoms with Crippen LogP contribution in [0.1, 0.15) is 10.4 Å². The quantitative estimate of drug-likeness (QED) is 0.810. The number of aromatic nitrogens is 1. The molecule has 0 aliphatic carbocycles. The van der Waals surface area contributed by atoms with Crippen LogP contribution >= 0.6 is 0 Å². The molecule has 1 heterocycles. The van der Waals surface area contributed by atoms with Crippen molar-refractivity contribution >= 4 is 16.9 Å². The molecule has 0 spiro atoms. The van der Waals surface area contributed by atoms with Crippen LogP contribution in [0.15, 0.2) is 30.3 Å². The van der Waals surface area contributed by atoms with Crippen molar-refractivity contribution in [3.63, 3.8) is 0 Å². The Kier molecular flexibility index (Phi) is 2.25. The van der Waals surface area contributed by atoms with Crippen molar-refractivity contribution in [2.75, 3.05) is 7.11 Å². The molecule has 0 aliphatic heterocycles. The fourth-order valence-corrected chi connectivity index (χ4v) is 1.42. The van der Waals surface area contributed by atoms with Crippen LogP contribution in [0.5, 0.6) is 5.88 Å². The maximum atomic E-state index is 10.9. The van der Waals surface area contributed by atoms with Crippen LogP contribution in [-0.4, -0.2) is 23.2 Å². The maximum Gasteiger partial charge on any atom is 0.337 e. The molecule has 0 bridgehead atoms. The molecular formula is C11H9NO3. The van der Waals surface area contributed by atoms with Gasteiger partial charge in [0.05, 0.1) is 18.2 Å². The van der Waals surface area contributed by atoms with E-state index in [9.17, 15) is 4.79 Å². The summed E-state index contributed by atoms with van der Waals surface area (Å²) in [5.74, 6) is -0.572. The zero-order valence-electron chi connectivity index (χ0n) is 8.10. The van der Waals surface area contributed by atoms with E-state index in [-0.39, 0.29) is 5.56 Å². The minimum Gasteiger partial charge on any atom is -0.481 e. The predicted molar refractivity (Wildman–Crippen MR) is 55.3 cm³/mol. The van der Waals surface area contributed by atoms with E-state index in [1.165, 1.54) is 13.2 Å². The van der Waals surface area contributed by atoms with Crippen molar-refractivity contribution in [2.45, 2.75) is 0 Å². The molecule has 1 aromatic carbocycles. The lowest BCUT2D eigenvalue weighted by molar-refractivity contribution is 0.0699. The number of carbonyl (C=O) groups is 1. The first kappa shape index (κ1) is 9.45. The average molecular weight is 203 g/mol. The normalized spacial score (nSPS) is 10.2. The maximum absolute atomic E-state index is 10.9. The van der Waals surface area contributed by atoms with E-state index in [4.69, 9.17) is 9.84 Å². The number of rotatable bonds is 2. The van der Waals surface area contributed by atoms with Crippen LogP contribution in [0.4, 0.5) is 0 Å². The molecule has 1 aromatic heterocycles. The molecule has 0 saturated heterocycles. The van der Waals surface area contributed by atoms with Crippen molar-refractivity contribution < 1.29 is 14.6 Å². The van der Waals surface area contributed by atoms with Gasteiger partial charge < -0.3 is 9.84 Å². The summed E-state index contributed by atoms with van der Waals surface area (Å²) in [5, 5.41) is 9.75. The molecule has 0 fully saturated rings. The molecular weight excluding hydrogens is 194 g/mol. The third kappa shape index (κ3) is 1.61. The van der Waals surface area contributed by atoms with E-state index in [1.54, 1.807) is 18.2 Å². The summed E-state index contributed by atoms with van der Waals surface area (Å²) in [6, 6.07) is 8.52. The van der Waals surface area contributed by atoms with Crippen LogP contribution in [-0.2, 0) is 0 Å². The molecule has 0 aliphatic rings. The Bertz CT molecular complexity index is 522. The van der Waals surface area contributed by atoms with E-state index >= 15 is 0 Å². The van der Waals surface area contributed by atoms with Gasteiger partial charge in [0.15, 0.2) is 0 Å². The Hall–Kier alpha value is -2.10. The van der Waals surface area contributed by atoms with Gasteiger partial charge in [-0.3, -0.25) is 0 Å². The van der Waals surface area contributed by atoms with Gasteiger partial charge in [0.1, 0.15) is 0 Å². The van der Waals surface area contributed by atoms with Gasteiger partial charge in [0.2, 0.25) is 5.88 Å². The largest absolute Gasteiger partial charge is 0.481 e. The second kappa shape index (κ2) is 3.57. The highest BCUT2D eigenvalue weighted by molar-refractivity contribution is 6.01. The Morgan fingerprint density at radius 1 is 1.33 bits per heavy atom. The van der Waals surface area contributed by atoms with E-state index < -0.39 is 5.97 Å². The number of ether oxygens (including phenoxy) is 1. The third-order valence-corrected chi connectivity index (χ3v) is 2.13. The number of hydrogen-bond donors (Lipinski definition) is 1. The second-order valence-corrected chi connectivity index (χ2v) is 3.04. The van der Waals surface area contributed by atoms with E-state index in [0.717, 1.165) is 5.39 Å². The molecule has 15 heavy (non-hydrogen) atoms. The second-order valence-electron chi connectivity index (χ2n) is 3.04. The van der Waals surface area contributed by atoms with Crippen molar-refractivity contribution in [3.05, 3.63) is 35.9 Å². The smallest absolute Gasteiger partial charge is 0.337 e. The standard InChI is InChI=1S/C11H9NO3/c1-15-9-6-5-7-3-2-4-8(11(13)14)10(7)12-9/h2-6H,1H3,(H,13,14). The van der Waals surface area contributed by atoms with Gasteiger partial charge in [-0.2, -0.15) is 0 Å². The van der Waals surface area contributed by atoms with Gasteiger partial charge in [0, 0.05) is 11.5 Å². The molecule has 2 rings (SSSR count). The summed E-state index contributed by atoms with van der Waals surface area (Å²) in [6.07, 6.45) is 0. The first-order valence-corrected chi connectivity index (χ1v) is 4.39. The van der Waals surface area contributed by atoms with Gasteiger partial charge in [-0.25, -0.2) is 9.78 Å². The minimum atomic E-state index is -0.985. The van der Waals surface area contributed by atoms with Crippen LogP contribution in [0.2, 0.25) is 0 Å². The van der Waals surface area contributed by atoms with Crippen molar-refractivity contribution in [3.8, 4) is 5.88 Å². The van der Waals surface area contributed by atoms with Gasteiger partial charge in [-0.1, -0.05) is 12.1 Å². The number of para-hydroxylation sites is 1. The molecule has 4 heteroatoms. The Morgan fingerprint density at radius 2 is 2.13 bits per heavy atom. The highest BCUT2D eigenvalue weighted by Gasteiger charge is 2.09.